The van der Waals surface area contributed by atoms with Crippen molar-refractivity contribution in [3.63, 3.8) is 0 Å². The zero-order valence-corrected chi connectivity index (χ0v) is 11.8. The van der Waals surface area contributed by atoms with Gasteiger partial charge in [-0.25, -0.2) is 4.39 Å². The molecule has 0 saturated heterocycles. The number of nitrogens with one attached hydrogen (secondary N) is 1. The highest BCUT2D eigenvalue weighted by molar-refractivity contribution is 9.10. The first-order valence-corrected chi connectivity index (χ1v) is 6.04. The van der Waals surface area contributed by atoms with Crippen LogP contribution in [-0.4, -0.2) is 21.7 Å². The summed E-state index contributed by atoms with van der Waals surface area (Å²) in [6, 6.07) is 2.13. The monoisotopic (exact) mass is 320 g/mol. The van der Waals surface area contributed by atoms with E-state index in [9.17, 15) is 19.6 Å². The highest BCUT2D eigenvalue weighted by Crippen LogP contribution is 2.32. The molecule has 0 saturated carbocycles. The number of hydrogen-bond acceptors (Lipinski definition) is 4. The van der Waals surface area contributed by atoms with Crippen LogP contribution in [0.15, 0.2) is 16.6 Å². The number of benzene rings is 1. The van der Waals surface area contributed by atoms with Crippen LogP contribution in [0.25, 0.3) is 0 Å². The predicted molar refractivity (Wildman–Crippen MR) is 70.1 cm³/mol. The molecule has 5 nitrogen and oxygen atoms in total. The minimum absolute atomic E-state index is 0.0228. The third-order valence-corrected chi connectivity index (χ3v) is 3.34. The van der Waals surface area contributed by atoms with Crippen molar-refractivity contribution in [1.82, 2.24) is 0 Å². The molecule has 1 unspecified atom stereocenters. The van der Waals surface area contributed by atoms with Gasteiger partial charge in [-0.3, -0.25) is 10.1 Å². The van der Waals surface area contributed by atoms with Gasteiger partial charge in [-0.05, 0) is 36.7 Å². The van der Waals surface area contributed by atoms with E-state index >= 15 is 0 Å². The van der Waals surface area contributed by atoms with E-state index < -0.39 is 22.4 Å². The Kier molecular flexibility index (Phi) is 4.28. The molecule has 1 atom stereocenters. The maximum atomic E-state index is 13.4. The standard InChI is InChI=1S/C11H14BrFN2O3/c1-6(16)11(2,3)14-9-5-8(13)7(12)4-10(9)15(17)18/h4-6,14,16H,1-3H3. The second kappa shape index (κ2) is 5.19. The van der Waals surface area contributed by atoms with Crippen LogP contribution in [0.3, 0.4) is 0 Å². The highest BCUT2D eigenvalue weighted by Gasteiger charge is 2.28. The van der Waals surface area contributed by atoms with Gasteiger partial charge in [0.1, 0.15) is 11.5 Å². The number of halogens is 2. The molecule has 0 aliphatic heterocycles. The Balaban J connectivity index is 3.23. The third-order valence-electron chi connectivity index (χ3n) is 2.74. The van der Waals surface area contributed by atoms with Gasteiger partial charge in [0.2, 0.25) is 0 Å². The zero-order chi connectivity index (χ0) is 14.1. The molecule has 18 heavy (non-hydrogen) atoms. The van der Waals surface area contributed by atoms with E-state index in [0.717, 1.165) is 12.1 Å². The number of nitro benzene ring substituents is 1. The number of nitrogens with zero attached hydrogens (tertiary/aromatic N) is 1. The van der Waals surface area contributed by atoms with E-state index in [-0.39, 0.29) is 15.8 Å². The van der Waals surface area contributed by atoms with Crippen LogP contribution in [0.4, 0.5) is 15.8 Å². The van der Waals surface area contributed by atoms with E-state index in [1.807, 2.05) is 0 Å². The van der Waals surface area contributed by atoms with E-state index in [4.69, 9.17) is 0 Å². The first-order valence-electron chi connectivity index (χ1n) is 5.25. The molecule has 0 heterocycles. The molecule has 100 valence electrons. The molecule has 0 spiro atoms. The summed E-state index contributed by atoms with van der Waals surface area (Å²) in [5, 5.41) is 23.2. The van der Waals surface area contributed by atoms with Gasteiger partial charge in [-0.15, -0.1) is 0 Å². The maximum absolute atomic E-state index is 13.4. The van der Waals surface area contributed by atoms with Crippen molar-refractivity contribution < 1.29 is 14.4 Å². The Morgan fingerprint density at radius 1 is 1.56 bits per heavy atom. The van der Waals surface area contributed by atoms with Crippen LogP contribution in [0.2, 0.25) is 0 Å². The zero-order valence-electron chi connectivity index (χ0n) is 10.2. The Morgan fingerprint density at radius 3 is 2.56 bits per heavy atom. The number of rotatable bonds is 4. The summed E-state index contributed by atoms with van der Waals surface area (Å²) in [6.45, 7) is 4.89. The van der Waals surface area contributed by atoms with E-state index in [1.54, 1.807) is 20.8 Å². The molecule has 1 aromatic carbocycles. The van der Waals surface area contributed by atoms with Gasteiger partial charge < -0.3 is 10.4 Å². The van der Waals surface area contributed by atoms with Gasteiger partial charge in [0.25, 0.3) is 5.69 Å². The first-order chi connectivity index (χ1) is 8.15. The molecule has 1 aromatic rings. The van der Waals surface area contributed by atoms with Crippen molar-refractivity contribution in [2.24, 2.45) is 0 Å². The Morgan fingerprint density at radius 2 is 2.11 bits per heavy atom. The van der Waals surface area contributed by atoms with E-state index in [0.29, 0.717) is 0 Å². The average Bonchev–Trinajstić information content (AvgIpc) is 2.22. The van der Waals surface area contributed by atoms with Gasteiger partial charge in [-0.2, -0.15) is 0 Å². The summed E-state index contributed by atoms with van der Waals surface area (Å²) in [5.74, 6) is -0.607. The van der Waals surface area contributed by atoms with Gasteiger partial charge in [0, 0.05) is 12.1 Å². The van der Waals surface area contributed by atoms with Crippen LogP contribution in [-0.2, 0) is 0 Å². The molecular weight excluding hydrogens is 307 g/mol. The topological polar surface area (TPSA) is 75.4 Å². The largest absolute Gasteiger partial charge is 0.391 e. The molecule has 0 fully saturated rings. The van der Waals surface area contributed by atoms with Gasteiger partial charge >= 0.3 is 0 Å². The van der Waals surface area contributed by atoms with Crippen molar-refractivity contribution in [3.8, 4) is 0 Å². The van der Waals surface area contributed by atoms with Crippen molar-refractivity contribution in [1.29, 1.82) is 0 Å². The van der Waals surface area contributed by atoms with Gasteiger partial charge in [0.15, 0.2) is 0 Å². The van der Waals surface area contributed by atoms with E-state index in [2.05, 4.69) is 21.2 Å². The van der Waals surface area contributed by atoms with Gasteiger partial charge in [-0.1, -0.05) is 0 Å². The summed E-state index contributed by atoms with van der Waals surface area (Å²) < 4.78 is 13.4. The Labute approximate surface area is 112 Å². The Hall–Kier alpha value is -1.21. The number of aliphatic hydroxyl groups is 1. The summed E-state index contributed by atoms with van der Waals surface area (Å²) >= 11 is 2.90. The second-order valence-corrected chi connectivity index (χ2v) is 5.42. The normalized spacial score (nSPS) is 13.2. The van der Waals surface area contributed by atoms with Crippen LogP contribution in [0, 0.1) is 15.9 Å². The average molecular weight is 321 g/mol. The number of aliphatic hydroxyl groups excluding tert-OH is 1. The molecule has 0 amide bonds. The molecule has 0 aliphatic carbocycles. The fourth-order valence-electron chi connectivity index (χ4n) is 1.24. The quantitative estimate of drug-likeness (QED) is 0.660. The first kappa shape index (κ1) is 14.8. The molecule has 1 rings (SSSR count). The fourth-order valence-corrected chi connectivity index (χ4v) is 1.57. The summed E-state index contributed by atoms with van der Waals surface area (Å²) in [7, 11) is 0. The highest BCUT2D eigenvalue weighted by atomic mass is 79.9. The predicted octanol–water partition coefficient (Wildman–Crippen LogP) is 3.07. The Bertz CT molecular complexity index is 478. The van der Waals surface area contributed by atoms with Crippen molar-refractivity contribution in [3.05, 3.63) is 32.5 Å². The fraction of sp³-hybridized carbons (Fsp3) is 0.455. The van der Waals surface area contributed by atoms with Crippen molar-refractivity contribution in [2.45, 2.75) is 32.4 Å². The lowest BCUT2D eigenvalue weighted by molar-refractivity contribution is -0.384. The lowest BCUT2D eigenvalue weighted by Gasteiger charge is -2.30. The molecule has 0 bridgehead atoms. The number of nitro groups is 1. The number of hydrogen-bond donors (Lipinski definition) is 2. The van der Waals surface area contributed by atoms with Crippen molar-refractivity contribution in [2.75, 3.05) is 5.32 Å². The van der Waals surface area contributed by atoms with E-state index in [1.165, 1.54) is 0 Å². The summed E-state index contributed by atoms with van der Waals surface area (Å²) in [4.78, 5) is 10.3. The third kappa shape index (κ3) is 3.17. The van der Waals surface area contributed by atoms with Crippen LogP contribution in [0.1, 0.15) is 20.8 Å². The smallest absolute Gasteiger partial charge is 0.293 e. The molecule has 2 N–H and O–H groups in total. The molecular formula is C11H14BrFN2O3. The van der Waals surface area contributed by atoms with Crippen LogP contribution in [0.5, 0.6) is 0 Å². The second-order valence-electron chi connectivity index (χ2n) is 4.56. The van der Waals surface area contributed by atoms with Crippen molar-refractivity contribution >= 4 is 27.3 Å². The molecule has 0 aliphatic rings. The minimum Gasteiger partial charge on any atom is -0.391 e. The lowest BCUT2D eigenvalue weighted by Crippen LogP contribution is -2.42. The maximum Gasteiger partial charge on any atom is 0.293 e. The minimum atomic E-state index is -0.814. The van der Waals surface area contributed by atoms with Crippen LogP contribution < -0.4 is 5.32 Å². The molecule has 0 radical (unpaired) electrons. The number of anilines is 1. The summed E-state index contributed by atoms with van der Waals surface area (Å²) in [5.41, 5.74) is -1.03. The lowest BCUT2D eigenvalue weighted by atomic mass is 9.98. The van der Waals surface area contributed by atoms with Crippen LogP contribution >= 0.6 is 15.9 Å². The molecule has 7 heteroatoms. The SMILES string of the molecule is CC(O)C(C)(C)Nc1cc(F)c(Br)cc1[N+](=O)[O-]. The molecule has 0 aromatic heterocycles. The summed E-state index contributed by atoms with van der Waals surface area (Å²) in [6.07, 6.45) is -0.760. The van der Waals surface area contributed by atoms with Gasteiger partial charge in [0.05, 0.1) is 21.0 Å².